The first kappa shape index (κ1) is 27.5. The van der Waals surface area contributed by atoms with Gasteiger partial charge in [-0.25, -0.2) is 4.57 Å². The average molecular weight is 554 g/mol. The first-order valence-electron chi connectivity index (χ1n) is 13.3. The summed E-state index contributed by atoms with van der Waals surface area (Å²) in [6.45, 7) is 3.25. The summed E-state index contributed by atoms with van der Waals surface area (Å²) in [4.78, 5) is 30.9. The second-order valence-corrected chi connectivity index (χ2v) is 9.91. The number of phenols is 1. The number of aromatic hydroxyl groups is 1. The smallest absolute Gasteiger partial charge is 0.295 e. The average Bonchev–Trinajstić information content (AvgIpc) is 3.59. The van der Waals surface area contributed by atoms with Crippen molar-refractivity contribution in [2.75, 3.05) is 13.7 Å². The number of carbonyl (C=O) groups excluding carboxylic acids is 2. The molecule has 0 saturated carbocycles. The van der Waals surface area contributed by atoms with Crippen LogP contribution in [0.5, 0.6) is 17.2 Å². The van der Waals surface area contributed by atoms with Crippen molar-refractivity contribution in [1.29, 1.82) is 0 Å². The maximum Gasteiger partial charge on any atom is 0.295 e. The van der Waals surface area contributed by atoms with Gasteiger partial charge >= 0.3 is 0 Å². The summed E-state index contributed by atoms with van der Waals surface area (Å²) >= 11 is 0. The van der Waals surface area contributed by atoms with E-state index in [-0.39, 0.29) is 29.2 Å². The molecule has 9 heteroatoms. The lowest BCUT2D eigenvalue weighted by molar-refractivity contribution is -0.695. The van der Waals surface area contributed by atoms with E-state index in [4.69, 9.17) is 9.47 Å². The second-order valence-electron chi connectivity index (χ2n) is 9.91. The van der Waals surface area contributed by atoms with Crippen molar-refractivity contribution >= 4 is 17.4 Å². The molecule has 1 fully saturated rings. The van der Waals surface area contributed by atoms with Crippen LogP contribution in [0, 0.1) is 6.92 Å². The van der Waals surface area contributed by atoms with Crippen LogP contribution in [-0.2, 0) is 22.7 Å². The van der Waals surface area contributed by atoms with Gasteiger partial charge in [-0.05, 0) is 47.9 Å². The molecular formula is C32H31N3O6. The summed E-state index contributed by atoms with van der Waals surface area (Å²) in [5.41, 5.74) is 2.79. The highest BCUT2D eigenvalue weighted by Crippen LogP contribution is 2.41. The Morgan fingerprint density at radius 1 is 1.10 bits per heavy atom. The van der Waals surface area contributed by atoms with Gasteiger partial charge in [-0.3, -0.25) is 14.6 Å². The maximum absolute atomic E-state index is 13.8. The zero-order valence-corrected chi connectivity index (χ0v) is 22.9. The number of aromatic nitrogens is 2. The Morgan fingerprint density at radius 2 is 1.90 bits per heavy atom. The number of carbonyl (C=O) groups is 2. The predicted octanol–water partition coefficient (Wildman–Crippen LogP) is 3.22. The second kappa shape index (κ2) is 12.0. The van der Waals surface area contributed by atoms with Gasteiger partial charge in [0.1, 0.15) is 24.8 Å². The molecule has 41 heavy (non-hydrogen) atoms. The van der Waals surface area contributed by atoms with E-state index < -0.39 is 23.5 Å². The molecule has 1 unspecified atom stereocenters. The van der Waals surface area contributed by atoms with Crippen LogP contribution in [0.15, 0.2) is 91.0 Å². The molecular weight excluding hydrogens is 522 g/mol. The standard InChI is InChI=1S/C32H31N3O6/c1-21-5-3-6-22(17-21)19-41-25-10-7-23(8-11-25)30(37)28-29(24-9-12-26(36)27(18-24)40-2)35(32(39)31(28)38)15-4-14-34-16-13-33-20-34/h3,5-13,16-18,20,29H,4,14-15,19H2,1-2H3,(H2,36,37,38). The molecule has 0 radical (unpaired) electrons. The molecule has 1 aliphatic heterocycles. The zero-order chi connectivity index (χ0) is 28.9. The van der Waals surface area contributed by atoms with Gasteiger partial charge in [0.25, 0.3) is 5.91 Å². The van der Waals surface area contributed by atoms with Crippen molar-refractivity contribution < 1.29 is 33.8 Å². The van der Waals surface area contributed by atoms with Crippen LogP contribution in [0.1, 0.15) is 34.7 Å². The Kier molecular flexibility index (Phi) is 8.05. The van der Waals surface area contributed by atoms with Gasteiger partial charge in [0, 0.05) is 18.5 Å². The van der Waals surface area contributed by atoms with Crippen LogP contribution in [-0.4, -0.2) is 40.3 Å². The summed E-state index contributed by atoms with van der Waals surface area (Å²) < 4.78 is 13.1. The highest BCUT2D eigenvalue weighted by atomic mass is 16.5. The summed E-state index contributed by atoms with van der Waals surface area (Å²) in [6, 6.07) is 18.2. The molecule has 2 N–H and O–H groups in total. The van der Waals surface area contributed by atoms with Gasteiger partial charge in [0.15, 0.2) is 11.5 Å². The number of ether oxygens (including phenoxy) is 2. The number of aryl methyl sites for hydroxylation is 2. The fraction of sp³-hybridized carbons (Fsp3) is 0.219. The van der Waals surface area contributed by atoms with E-state index in [1.807, 2.05) is 42.0 Å². The quantitative estimate of drug-likeness (QED) is 0.135. The minimum absolute atomic E-state index is 0.0866. The van der Waals surface area contributed by atoms with Crippen LogP contribution >= 0.6 is 0 Å². The monoisotopic (exact) mass is 553 g/mol. The van der Waals surface area contributed by atoms with E-state index in [1.54, 1.807) is 48.9 Å². The van der Waals surface area contributed by atoms with Crippen molar-refractivity contribution in [2.24, 2.45) is 0 Å². The number of ketones is 1. The molecule has 4 aromatic rings. The van der Waals surface area contributed by atoms with E-state index in [0.29, 0.717) is 30.9 Å². The van der Waals surface area contributed by atoms with Gasteiger partial charge in [0.05, 0.1) is 19.7 Å². The lowest BCUT2D eigenvalue weighted by Crippen LogP contribution is -2.36. The van der Waals surface area contributed by atoms with Crippen molar-refractivity contribution in [1.82, 2.24) is 9.88 Å². The topological polar surface area (TPSA) is 119 Å². The lowest BCUT2D eigenvalue weighted by atomic mass is 9.95. The van der Waals surface area contributed by atoms with Crippen LogP contribution in [0.2, 0.25) is 0 Å². The number of likely N-dealkylation sites (tertiary alicyclic amines) is 1. The molecule has 1 aliphatic rings. The van der Waals surface area contributed by atoms with E-state index in [0.717, 1.165) is 11.1 Å². The minimum Gasteiger partial charge on any atom is -0.872 e. The third-order valence-electron chi connectivity index (χ3n) is 7.07. The van der Waals surface area contributed by atoms with Crippen LogP contribution < -0.4 is 19.1 Å². The van der Waals surface area contributed by atoms with Gasteiger partial charge in [0.2, 0.25) is 12.1 Å². The highest BCUT2D eigenvalue weighted by Gasteiger charge is 2.44. The number of hydrogen-bond donors (Lipinski definition) is 2. The Hall–Kier alpha value is -5.05. The van der Waals surface area contributed by atoms with E-state index >= 15 is 0 Å². The number of nitrogens with one attached hydrogen (secondary N) is 1. The fourth-order valence-corrected chi connectivity index (χ4v) is 5.02. The SMILES string of the molecule is COc1cc(C2C(=C([O-])c3ccc(OCc4cccc(C)c4)cc3)C(=O)C(=O)N2CCC[n+]2cc[nH]c2)ccc1O. The zero-order valence-electron chi connectivity index (χ0n) is 22.9. The summed E-state index contributed by atoms with van der Waals surface area (Å²) in [6.07, 6.45) is 6.02. The highest BCUT2D eigenvalue weighted by molar-refractivity contribution is 6.46. The molecule has 210 valence electrons. The maximum atomic E-state index is 13.8. The third-order valence-corrected chi connectivity index (χ3v) is 7.07. The number of methoxy groups -OCH3 is 1. The van der Waals surface area contributed by atoms with Gasteiger partial charge in [-0.2, -0.15) is 0 Å². The largest absolute Gasteiger partial charge is 0.872 e. The van der Waals surface area contributed by atoms with Crippen LogP contribution in [0.25, 0.3) is 5.76 Å². The Labute approximate surface area is 237 Å². The van der Waals surface area contributed by atoms with Crippen molar-refractivity contribution in [3.63, 3.8) is 0 Å². The molecule has 0 spiro atoms. The van der Waals surface area contributed by atoms with Gasteiger partial charge < -0.3 is 24.6 Å². The molecule has 1 saturated heterocycles. The number of nitrogens with zero attached hydrogens (tertiary/aromatic N) is 2. The number of benzene rings is 3. The Bertz CT molecular complexity index is 1580. The number of phenolic OH excluding ortho intramolecular Hbond substituents is 1. The Morgan fingerprint density at radius 3 is 2.61 bits per heavy atom. The normalized spacial score (nSPS) is 16.2. The molecule has 5 rings (SSSR count). The third kappa shape index (κ3) is 5.94. The van der Waals surface area contributed by atoms with E-state index in [2.05, 4.69) is 4.98 Å². The molecule has 1 atom stereocenters. The fourth-order valence-electron chi connectivity index (χ4n) is 5.02. The number of Topliss-reactive ketones (excluding diaryl/α,β-unsaturated/α-hetero) is 1. The Balaban J connectivity index is 1.44. The number of hydrogen-bond acceptors (Lipinski definition) is 6. The number of aromatic amines is 1. The predicted molar refractivity (Wildman–Crippen MR) is 149 cm³/mol. The number of amides is 1. The van der Waals surface area contributed by atoms with Crippen LogP contribution in [0.4, 0.5) is 0 Å². The number of rotatable bonds is 10. The molecule has 1 aromatic heterocycles. The molecule has 3 aromatic carbocycles. The summed E-state index contributed by atoms with van der Waals surface area (Å²) in [5, 5.41) is 23.9. The van der Waals surface area contributed by atoms with E-state index in [9.17, 15) is 19.8 Å². The van der Waals surface area contributed by atoms with E-state index in [1.165, 1.54) is 18.1 Å². The molecule has 0 bridgehead atoms. The van der Waals surface area contributed by atoms with Gasteiger partial charge in [-0.1, -0.05) is 53.8 Å². The molecule has 0 aliphatic carbocycles. The first-order valence-corrected chi connectivity index (χ1v) is 13.3. The van der Waals surface area contributed by atoms with Crippen molar-refractivity contribution in [3.8, 4) is 17.2 Å². The summed E-state index contributed by atoms with van der Waals surface area (Å²) in [5.74, 6) is -1.43. The summed E-state index contributed by atoms with van der Waals surface area (Å²) in [7, 11) is 1.41. The number of H-pyrrole nitrogens is 1. The lowest BCUT2D eigenvalue weighted by Gasteiger charge is -2.27. The first-order chi connectivity index (χ1) is 19.9. The van der Waals surface area contributed by atoms with Crippen LogP contribution in [0.3, 0.4) is 0 Å². The van der Waals surface area contributed by atoms with Crippen molar-refractivity contribution in [2.45, 2.75) is 32.5 Å². The van der Waals surface area contributed by atoms with Crippen molar-refractivity contribution in [3.05, 3.63) is 113 Å². The number of imidazole rings is 1. The van der Waals surface area contributed by atoms with Gasteiger partial charge in [-0.15, -0.1) is 0 Å². The molecule has 2 heterocycles. The molecule has 1 amide bonds. The molecule has 9 nitrogen and oxygen atoms in total. The minimum atomic E-state index is -0.925.